The number of carboxylic acids is 1. The molecule has 0 radical (unpaired) electrons. The summed E-state index contributed by atoms with van der Waals surface area (Å²) in [4.78, 5) is 38.5. The van der Waals surface area contributed by atoms with Crippen LogP contribution in [0.15, 0.2) is 21.5 Å². The fraction of sp³-hybridized carbons (Fsp3) is 0.417. The van der Waals surface area contributed by atoms with Crippen LogP contribution in [0.2, 0.25) is 0 Å². The molecular formula is C12H13BrN2O4. The van der Waals surface area contributed by atoms with Crippen molar-refractivity contribution in [2.24, 2.45) is 0 Å². The van der Waals surface area contributed by atoms with Crippen LogP contribution in [0, 0.1) is 0 Å². The number of halogens is 1. The number of carboxylic acid groups (broad SMARTS) is 1. The molecule has 19 heavy (non-hydrogen) atoms. The molecule has 0 unspecified atom stereocenters. The van der Waals surface area contributed by atoms with Gasteiger partial charge in [-0.2, -0.15) is 0 Å². The molecule has 7 heteroatoms. The van der Waals surface area contributed by atoms with E-state index < -0.39 is 12.0 Å². The summed E-state index contributed by atoms with van der Waals surface area (Å²) in [7, 11) is 0. The van der Waals surface area contributed by atoms with E-state index >= 15 is 0 Å². The van der Waals surface area contributed by atoms with Crippen LogP contribution in [0.5, 0.6) is 0 Å². The van der Waals surface area contributed by atoms with Gasteiger partial charge in [0.25, 0.3) is 11.5 Å². The second kappa shape index (κ2) is 5.56. The van der Waals surface area contributed by atoms with E-state index in [2.05, 4.69) is 20.9 Å². The number of amides is 1. The Labute approximate surface area is 117 Å². The summed E-state index contributed by atoms with van der Waals surface area (Å²) in [5.41, 5.74) is -0.0513. The predicted molar refractivity (Wildman–Crippen MR) is 71.1 cm³/mol. The number of nitrogens with zero attached hydrogens (tertiary/aromatic N) is 1. The minimum atomic E-state index is -0.989. The molecule has 1 aromatic heterocycles. The van der Waals surface area contributed by atoms with Crippen LogP contribution in [0.1, 0.15) is 29.6 Å². The van der Waals surface area contributed by atoms with Gasteiger partial charge in [0.05, 0.1) is 10.0 Å². The van der Waals surface area contributed by atoms with Gasteiger partial charge in [-0.15, -0.1) is 0 Å². The summed E-state index contributed by atoms with van der Waals surface area (Å²) < 4.78 is 0.252. The lowest BCUT2D eigenvalue weighted by molar-refractivity contribution is -0.143. The average molecular weight is 329 g/mol. The summed E-state index contributed by atoms with van der Waals surface area (Å²) in [6.07, 6.45) is 3.37. The van der Waals surface area contributed by atoms with Gasteiger partial charge in [-0.25, -0.2) is 4.79 Å². The topological polar surface area (TPSA) is 90.5 Å². The van der Waals surface area contributed by atoms with Crippen LogP contribution >= 0.6 is 15.9 Å². The smallest absolute Gasteiger partial charge is 0.326 e. The molecule has 6 nitrogen and oxygen atoms in total. The number of aliphatic carboxylic acids is 1. The van der Waals surface area contributed by atoms with E-state index in [1.54, 1.807) is 0 Å². The van der Waals surface area contributed by atoms with Gasteiger partial charge in [-0.3, -0.25) is 9.59 Å². The summed E-state index contributed by atoms with van der Waals surface area (Å²) >= 11 is 3.05. The maximum atomic E-state index is 12.3. The standard InChI is InChI=1S/C12H13BrN2O4/c13-8-5-7(6-14-10(8)16)11(17)15-4-2-1-3-9(15)12(18)19/h5-6,9H,1-4H2,(H,14,16)(H,18,19)/t9-/m1/s1. The van der Waals surface area contributed by atoms with Crippen LogP contribution in [0.3, 0.4) is 0 Å². The number of H-pyrrole nitrogens is 1. The van der Waals surface area contributed by atoms with Crippen molar-refractivity contribution in [3.8, 4) is 0 Å². The lowest BCUT2D eigenvalue weighted by atomic mass is 10.0. The highest BCUT2D eigenvalue weighted by Gasteiger charge is 2.32. The third kappa shape index (κ3) is 2.86. The number of pyridine rings is 1. The zero-order chi connectivity index (χ0) is 14.0. The van der Waals surface area contributed by atoms with Crippen molar-refractivity contribution in [1.82, 2.24) is 9.88 Å². The fourth-order valence-electron chi connectivity index (χ4n) is 2.18. The second-order valence-electron chi connectivity index (χ2n) is 4.41. The van der Waals surface area contributed by atoms with Crippen LogP contribution < -0.4 is 5.56 Å². The normalized spacial score (nSPS) is 19.2. The Morgan fingerprint density at radius 3 is 2.79 bits per heavy atom. The molecule has 0 bridgehead atoms. The van der Waals surface area contributed by atoms with Gasteiger partial charge in [0.1, 0.15) is 6.04 Å². The number of aromatic amines is 1. The number of rotatable bonds is 2. The van der Waals surface area contributed by atoms with Crippen LogP contribution in [-0.4, -0.2) is 39.5 Å². The summed E-state index contributed by atoms with van der Waals surface area (Å²) in [5, 5.41) is 9.14. The van der Waals surface area contributed by atoms with Crippen LogP contribution in [0.4, 0.5) is 0 Å². The maximum Gasteiger partial charge on any atom is 0.326 e. The van der Waals surface area contributed by atoms with E-state index in [1.165, 1.54) is 17.2 Å². The van der Waals surface area contributed by atoms with Gasteiger partial charge in [0.2, 0.25) is 0 Å². The number of aromatic nitrogens is 1. The van der Waals surface area contributed by atoms with E-state index in [-0.39, 0.29) is 21.5 Å². The van der Waals surface area contributed by atoms with E-state index in [1.807, 2.05) is 0 Å². The van der Waals surface area contributed by atoms with Crippen molar-refractivity contribution in [2.75, 3.05) is 6.54 Å². The SMILES string of the molecule is O=C(O)[C@H]1CCCCN1C(=O)c1c[nH]c(=O)c(Br)c1. The number of hydrogen-bond donors (Lipinski definition) is 2. The highest BCUT2D eigenvalue weighted by molar-refractivity contribution is 9.10. The molecule has 0 aromatic carbocycles. The predicted octanol–water partition coefficient (Wildman–Crippen LogP) is 1.22. The Bertz CT molecular complexity index is 569. The highest BCUT2D eigenvalue weighted by Crippen LogP contribution is 2.20. The third-order valence-corrected chi connectivity index (χ3v) is 3.74. The first-order valence-corrected chi connectivity index (χ1v) is 6.72. The summed E-state index contributed by atoms with van der Waals surface area (Å²) in [6.45, 7) is 0.423. The van der Waals surface area contributed by atoms with E-state index in [0.717, 1.165) is 12.8 Å². The third-order valence-electron chi connectivity index (χ3n) is 3.15. The van der Waals surface area contributed by atoms with Crippen LogP contribution in [-0.2, 0) is 4.79 Å². The number of carbonyl (C=O) groups excluding carboxylic acids is 1. The summed E-state index contributed by atoms with van der Waals surface area (Å²) in [5.74, 6) is -1.36. The minimum absolute atomic E-state index is 0.252. The first-order valence-electron chi connectivity index (χ1n) is 5.92. The van der Waals surface area contributed by atoms with Gasteiger partial charge in [-0.05, 0) is 41.3 Å². The van der Waals surface area contributed by atoms with E-state index in [0.29, 0.717) is 13.0 Å². The van der Waals surface area contributed by atoms with Gasteiger partial charge in [0.15, 0.2) is 0 Å². The Hall–Kier alpha value is -1.63. The van der Waals surface area contributed by atoms with Crippen molar-refractivity contribution >= 4 is 27.8 Å². The number of likely N-dealkylation sites (tertiary alicyclic amines) is 1. The molecule has 1 aliphatic heterocycles. The molecule has 1 saturated heterocycles. The molecule has 1 aliphatic rings. The van der Waals surface area contributed by atoms with Crippen LogP contribution in [0.25, 0.3) is 0 Å². The Morgan fingerprint density at radius 1 is 1.42 bits per heavy atom. The molecule has 2 heterocycles. The average Bonchev–Trinajstić information content (AvgIpc) is 2.41. The lowest BCUT2D eigenvalue weighted by Crippen LogP contribution is -2.48. The largest absolute Gasteiger partial charge is 0.480 e. The summed E-state index contributed by atoms with van der Waals surface area (Å²) in [6, 6.07) is 0.626. The van der Waals surface area contributed by atoms with E-state index in [4.69, 9.17) is 5.11 Å². The molecule has 1 fully saturated rings. The first kappa shape index (κ1) is 13.8. The Morgan fingerprint density at radius 2 is 2.16 bits per heavy atom. The molecule has 1 atom stereocenters. The van der Waals surface area contributed by atoms with Gasteiger partial charge < -0.3 is 15.0 Å². The van der Waals surface area contributed by atoms with Gasteiger partial charge >= 0.3 is 5.97 Å². The minimum Gasteiger partial charge on any atom is -0.480 e. The number of nitrogens with one attached hydrogen (secondary N) is 1. The van der Waals surface area contributed by atoms with Crippen molar-refractivity contribution in [3.05, 3.63) is 32.7 Å². The molecular weight excluding hydrogens is 316 g/mol. The molecule has 102 valence electrons. The number of hydrogen-bond acceptors (Lipinski definition) is 3. The van der Waals surface area contributed by atoms with Gasteiger partial charge in [0, 0.05) is 12.7 Å². The Kier molecular flexibility index (Phi) is 4.04. The first-order chi connectivity index (χ1) is 9.00. The number of carbonyl (C=O) groups is 2. The zero-order valence-corrected chi connectivity index (χ0v) is 11.6. The lowest BCUT2D eigenvalue weighted by Gasteiger charge is -2.32. The van der Waals surface area contributed by atoms with Crippen molar-refractivity contribution in [1.29, 1.82) is 0 Å². The quantitative estimate of drug-likeness (QED) is 0.853. The second-order valence-corrected chi connectivity index (χ2v) is 5.27. The molecule has 0 aliphatic carbocycles. The van der Waals surface area contributed by atoms with Crippen molar-refractivity contribution < 1.29 is 14.7 Å². The van der Waals surface area contributed by atoms with Crippen molar-refractivity contribution in [3.63, 3.8) is 0 Å². The molecule has 0 spiro atoms. The monoisotopic (exact) mass is 328 g/mol. The van der Waals surface area contributed by atoms with Crippen molar-refractivity contribution in [2.45, 2.75) is 25.3 Å². The molecule has 2 N–H and O–H groups in total. The molecule has 1 aromatic rings. The number of piperidine rings is 1. The maximum absolute atomic E-state index is 12.3. The fourth-order valence-corrected chi connectivity index (χ4v) is 2.54. The zero-order valence-electron chi connectivity index (χ0n) is 10.1. The molecule has 0 saturated carbocycles. The molecule has 1 amide bonds. The Balaban J connectivity index is 2.28. The molecule has 2 rings (SSSR count). The van der Waals surface area contributed by atoms with E-state index in [9.17, 15) is 14.4 Å². The highest BCUT2D eigenvalue weighted by atomic mass is 79.9. The van der Waals surface area contributed by atoms with Gasteiger partial charge in [-0.1, -0.05) is 0 Å².